The predicted molar refractivity (Wildman–Crippen MR) is 101 cm³/mol. The predicted octanol–water partition coefficient (Wildman–Crippen LogP) is 2.76. The minimum Gasteiger partial charge on any atom is -0.468 e. The molecular weight excluding hydrogens is 411 g/mol. The van der Waals surface area contributed by atoms with Crippen LogP contribution in [0.1, 0.15) is 10.5 Å². The minimum atomic E-state index is -0.535. The summed E-state index contributed by atoms with van der Waals surface area (Å²) < 4.78 is 8.34. The average molecular weight is 425 g/mol. The highest BCUT2D eigenvalue weighted by Crippen LogP contribution is 2.32. The third-order valence-electron chi connectivity index (χ3n) is 3.59. The molecule has 0 aliphatic heterocycles. The second kappa shape index (κ2) is 8.72. The summed E-state index contributed by atoms with van der Waals surface area (Å²) in [5, 5.41) is 22.0. The number of carbonyl (C=O) groups excluding carboxylic acids is 1. The largest absolute Gasteiger partial charge is 0.468 e. The van der Waals surface area contributed by atoms with Crippen LogP contribution in [0.25, 0.3) is 0 Å². The Morgan fingerprint density at radius 1 is 1.25 bits per heavy atom. The van der Waals surface area contributed by atoms with Gasteiger partial charge in [-0.05, 0) is 18.2 Å². The molecule has 0 aliphatic rings. The lowest BCUT2D eigenvalue weighted by Gasteiger charge is -2.09. The van der Waals surface area contributed by atoms with Gasteiger partial charge in [0.15, 0.2) is 12.5 Å². The van der Waals surface area contributed by atoms with E-state index in [1.54, 1.807) is 24.4 Å². The van der Waals surface area contributed by atoms with E-state index in [-0.39, 0.29) is 31.2 Å². The zero-order chi connectivity index (χ0) is 20.1. The van der Waals surface area contributed by atoms with Crippen LogP contribution in [0.5, 0.6) is 5.75 Å². The molecule has 2 heterocycles. The van der Waals surface area contributed by atoms with E-state index >= 15 is 0 Å². The van der Waals surface area contributed by atoms with E-state index in [9.17, 15) is 14.9 Å². The Hall–Kier alpha value is -3.11. The minimum absolute atomic E-state index is 0.0215. The summed E-state index contributed by atoms with van der Waals surface area (Å²) in [7, 11) is 0. The zero-order valence-electron chi connectivity index (χ0n) is 14.3. The summed E-state index contributed by atoms with van der Waals surface area (Å²) in [6, 6.07) is 6.54. The van der Waals surface area contributed by atoms with E-state index in [1.165, 1.54) is 21.6 Å². The summed E-state index contributed by atoms with van der Waals surface area (Å²) in [5.74, 6) is -0.0585. The molecule has 0 unspecified atom stereocenters. The highest BCUT2D eigenvalue weighted by atomic mass is 35.5. The fourth-order valence-electron chi connectivity index (χ4n) is 2.25. The number of nitrogens with zero attached hydrogens (tertiary/aromatic N) is 5. The lowest BCUT2D eigenvalue weighted by atomic mass is 10.3. The maximum Gasteiger partial charge on any atom is 0.306 e. The fraction of sp³-hybridized carbons (Fsp3) is 0.188. The van der Waals surface area contributed by atoms with Crippen molar-refractivity contribution in [2.75, 3.05) is 6.54 Å². The molecular formula is C16H14Cl2N6O4. The van der Waals surface area contributed by atoms with Crippen molar-refractivity contribution in [1.29, 1.82) is 0 Å². The van der Waals surface area contributed by atoms with Crippen molar-refractivity contribution < 1.29 is 14.5 Å². The molecule has 146 valence electrons. The van der Waals surface area contributed by atoms with Gasteiger partial charge >= 0.3 is 5.69 Å². The van der Waals surface area contributed by atoms with Gasteiger partial charge in [-0.15, -0.1) is 0 Å². The molecule has 0 saturated carbocycles. The Labute approximate surface area is 168 Å². The highest BCUT2D eigenvalue weighted by molar-refractivity contribution is 6.37. The third-order valence-corrected chi connectivity index (χ3v) is 4.19. The maximum atomic E-state index is 12.1. The number of aromatic nitrogens is 4. The van der Waals surface area contributed by atoms with Crippen LogP contribution in [-0.2, 0) is 13.3 Å². The van der Waals surface area contributed by atoms with E-state index in [1.807, 2.05) is 0 Å². The fourth-order valence-corrected chi connectivity index (χ4v) is 2.76. The Morgan fingerprint density at radius 3 is 2.68 bits per heavy atom. The van der Waals surface area contributed by atoms with Crippen molar-refractivity contribution in [3.8, 4) is 5.75 Å². The summed E-state index contributed by atoms with van der Waals surface area (Å²) in [5.41, 5.74) is 0.0870. The van der Waals surface area contributed by atoms with Crippen LogP contribution >= 0.6 is 23.2 Å². The van der Waals surface area contributed by atoms with Gasteiger partial charge in [0, 0.05) is 12.7 Å². The van der Waals surface area contributed by atoms with Gasteiger partial charge in [0.2, 0.25) is 0 Å². The lowest BCUT2D eigenvalue weighted by molar-refractivity contribution is -0.385. The quantitative estimate of drug-likeness (QED) is 0.438. The van der Waals surface area contributed by atoms with Crippen LogP contribution in [0.2, 0.25) is 10.0 Å². The molecule has 0 spiro atoms. The number of para-hydroxylation sites is 1. The van der Waals surface area contributed by atoms with Gasteiger partial charge in [0.1, 0.15) is 18.1 Å². The molecule has 0 radical (unpaired) electrons. The first-order chi connectivity index (χ1) is 13.4. The number of hydrogen-bond acceptors (Lipinski definition) is 6. The van der Waals surface area contributed by atoms with E-state index < -0.39 is 10.8 Å². The Bertz CT molecular complexity index is 982. The third kappa shape index (κ3) is 4.78. The number of nitrogens with one attached hydrogen (secondary N) is 1. The molecule has 2 aromatic heterocycles. The number of amides is 1. The topological polar surface area (TPSA) is 117 Å². The highest BCUT2D eigenvalue weighted by Gasteiger charge is 2.12. The second-order valence-electron chi connectivity index (χ2n) is 5.54. The number of rotatable bonds is 8. The van der Waals surface area contributed by atoms with Crippen LogP contribution in [0.15, 0.2) is 42.9 Å². The Morgan fingerprint density at radius 2 is 2.00 bits per heavy atom. The van der Waals surface area contributed by atoms with E-state index in [2.05, 4.69) is 15.5 Å². The van der Waals surface area contributed by atoms with Crippen LogP contribution in [-0.4, -0.2) is 36.9 Å². The normalized spacial score (nSPS) is 10.6. The van der Waals surface area contributed by atoms with Crippen LogP contribution in [0.3, 0.4) is 0 Å². The molecule has 10 nitrogen and oxygen atoms in total. The average Bonchev–Trinajstić information content (AvgIpc) is 3.31. The van der Waals surface area contributed by atoms with Gasteiger partial charge in [-0.1, -0.05) is 29.3 Å². The van der Waals surface area contributed by atoms with E-state index in [0.29, 0.717) is 15.8 Å². The zero-order valence-corrected chi connectivity index (χ0v) is 15.8. The van der Waals surface area contributed by atoms with Crippen LogP contribution < -0.4 is 10.1 Å². The summed E-state index contributed by atoms with van der Waals surface area (Å²) in [6.07, 6.45) is 4.02. The molecule has 1 aromatic carbocycles. The molecule has 0 saturated heterocycles. The van der Waals surface area contributed by atoms with E-state index in [0.717, 1.165) is 6.20 Å². The number of benzene rings is 1. The summed E-state index contributed by atoms with van der Waals surface area (Å²) in [6.45, 7) is 0.540. The van der Waals surface area contributed by atoms with Crippen molar-refractivity contribution >= 4 is 34.8 Å². The van der Waals surface area contributed by atoms with Gasteiger partial charge in [-0.2, -0.15) is 10.2 Å². The van der Waals surface area contributed by atoms with E-state index in [4.69, 9.17) is 27.9 Å². The number of nitro groups is 1. The molecule has 0 atom stereocenters. The monoisotopic (exact) mass is 424 g/mol. The van der Waals surface area contributed by atoms with Crippen molar-refractivity contribution in [2.24, 2.45) is 0 Å². The molecule has 1 N–H and O–H groups in total. The molecule has 28 heavy (non-hydrogen) atoms. The SMILES string of the molecule is O=C(NCCn1cc([N+](=O)[O-])cn1)c1ccn(COc2c(Cl)cccc2Cl)n1. The second-order valence-corrected chi connectivity index (χ2v) is 6.35. The lowest BCUT2D eigenvalue weighted by Crippen LogP contribution is -2.28. The van der Waals surface area contributed by atoms with Gasteiger partial charge in [-0.25, -0.2) is 4.68 Å². The molecule has 0 aliphatic carbocycles. The van der Waals surface area contributed by atoms with Gasteiger partial charge in [0.05, 0.1) is 21.5 Å². The first kappa shape index (κ1) is 19.6. The standard InChI is InChI=1S/C16H14Cl2N6O4/c17-12-2-1-3-13(18)15(12)28-10-23-6-4-14(21-23)16(25)19-5-7-22-9-11(8-20-22)24(26)27/h1-4,6,8-9H,5,7,10H2,(H,19,25). The first-order valence-corrected chi connectivity index (χ1v) is 8.75. The summed E-state index contributed by atoms with van der Waals surface area (Å²) in [4.78, 5) is 22.2. The smallest absolute Gasteiger partial charge is 0.306 e. The molecule has 3 aromatic rings. The first-order valence-electron chi connectivity index (χ1n) is 7.99. The molecule has 0 fully saturated rings. The van der Waals surface area contributed by atoms with Crippen molar-refractivity contribution in [3.63, 3.8) is 0 Å². The van der Waals surface area contributed by atoms with Gasteiger partial charge < -0.3 is 10.1 Å². The molecule has 3 rings (SSSR count). The number of carbonyl (C=O) groups is 1. The van der Waals surface area contributed by atoms with Crippen LogP contribution in [0, 0.1) is 10.1 Å². The molecule has 0 bridgehead atoms. The maximum absolute atomic E-state index is 12.1. The molecule has 12 heteroatoms. The van der Waals surface area contributed by atoms with Crippen molar-refractivity contribution in [1.82, 2.24) is 24.9 Å². The van der Waals surface area contributed by atoms with Gasteiger partial charge in [0.25, 0.3) is 5.91 Å². The number of hydrogen-bond donors (Lipinski definition) is 1. The molecule has 1 amide bonds. The number of ether oxygens (including phenoxy) is 1. The van der Waals surface area contributed by atoms with Crippen LogP contribution in [0.4, 0.5) is 5.69 Å². The van der Waals surface area contributed by atoms with Gasteiger partial charge in [-0.3, -0.25) is 19.6 Å². The van der Waals surface area contributed by atoms with Crippen molar-refractivity contribution in [3.05, 3.63) is 68.7 Å². The Kier molecular flexibility index (Phi) is 6.12. The van der Waals surface area contributed by atoms with Crippen molar-refractivity contribution in [2.45, 2.75) is 13.3 Å². The summed E-state index contributed by atoms with van der Waals surface area (Å²) >= 11 is 12.1. The Balaban J connectivity index is 1.50. The number of halogens is 2.